The Bertz CT molecular complexity index is 817. The summed E-state index contributed by atoms with van der Waals surface area (Å²) < 4.78 is 27.2. The van der Waals surface area contributed by atoms with Crippen LogP contribution in [0.5, 0.6) is 0 Å². The van der Waals surface area contributed by atoms with Crippen molar-refractivity contribution in [2.45, 2.75) is 18.2 Å². The van der Waals surface area contributed by atoms with E-state index in [0.717, 1.165) is 17.7 Å². The number of carbonyl (C=O) groups excluding carboxylic acids is 1. The molecule has 2 aromatic rings. The molecule has 0 saturated carbocycles. The molecule has 3 rings (SSSR count). The summed E-state index contributed by atoms with van der Waals surface area (Å²) in [6, 6.07) is 13.5. The molecule has 0 atom stereocenters. The maximum atomic E-state index is 12.3. The van der Waals surface area contributed by atoms with E-state index in [1.807, 2.05) is 6.07 Å². The third kappa shape index (κ3) is 2.69. The lowest BCUT2D eigenvalue weighted by atomic mass is 10.1. The van der Waals surface area contributed by atoms with E-state index in [0.29, 0.717) is 12.2 Å². The first-order chi connectivity index (χ1) is 10.5. The number of nitrogens with zero attached hydrogens (tertiary/aromatic N) is 1. The van der Waals surface area contributed by atoms with E-state index in [-0.39, 0.29) is 10.8 Å². The molecule has 0 fully saturated rings. The molecule has 0 aliphatic carbocycles. The third-order valence-electron chi connectivity index (χ3n) is 3.67. The fraction of sp³-hybridized carbons (Fsp3) is 0.188. The maximum Gasteiger partial charge on any atom is 0.261 e. The highest BCUT2D eigenvalue weighted by Gasteiger charge is 2.23. The largest absolute Gasteiger partial charge is 0.312 e. The quantitative estimate of drug-likeness (QED) is 0.945. The second kappa shape index (κ2) is 5.46. The van der Waals surface area contributed by atoms with E-state index < -0.39 is 10.0 Å². The second-order valence-corrected chi connectivity index (χ2v) is 6.87. The summed E-state index contributed by atoms with van der Waals surface area (Å²) in [6.07, 6.45) is 0.792. The van der Waals surface area contributed by atoms with Crippen LogP contribution in [0.2, 0.25) is 0 Å². The van der Waals surface area contributed by atoms with Crippen LogP contribution in [0.25, 0.3) is 0 Å². The zero-order valence-electron chi connectivity index (χ0n) is 12.1. The SMILES string of the molecule is CC(=O)N1CCc2ccc(NS(=O)(=O)c3ccccc3)cc21. The van der Waals surface area contributed by atoms with Gasteiger partial charge in [0.25, 0.3) is 10.0 Å². The van der Waals surface area contributed by atoms with Crippen molar-refractivity contribution in [3.63, 3.8) is 0 Å². The van der Waals surface area contributed by atoms with Crippen LogP contribution in [-0.4, -0.2) is 20.9 Å². The van der Waals surface area contributed by atoms with Crippen LogP contribution in [0.15, 0.2) is 53.4 Å². The Labute approximate surface area is 129 Å². The van der Waals surface area contributed by atoms with Crippen molar-refractivity contribution in [3.05, 3.63) is 54.1 Å². The smallest absolute Gasteiger partial charge is 0.261 e. The first-order valence-electron chi connectivity index (χ1n) is 6.96. The molecule has 22 heavy (non-hydrogen) atoms. The van der Waals surface area contributed by atoms with E-state index in [9.17, 15) is 13.2 Å². The lowest BCUT2D eigenvalue weighted by Gasteiger charge is -2.16. The van der Waals surface area contributed by atoms with Crippen LogP contribution in [0.1, 0.15) is 12.5 Å². The normalized spacial score (nSPS) is 13.8. The Morgan fingerprint density at radius 3 is 2.55 bits per heavy atom. The molecule has 0 bridgehead atoms. The molecule has 0 aromatic heterocycles. The Hall–Kier alpha value is -2.34. The minimum atomic E-state index is -3.62. The number of sulfonamides is 1. The standard InChI is InChI=1S/C16H16N2O3S/c1-12(19)18-10-9-13-7-8-14(11-16(13)18)17-22(20,21)15-5-3-2-4-6-15/h2-8,11,17H,9-10H2,1H3. The summed E-state index contributed by atoms with van der Waals surface area (Å²) in [6.45, 7) is 2.15. The topological polar surface area (TPSA) is 66.5 Å². The van der Waals surface area contributed by atoms with Crippen LogP contribution in [0.3, 0.4) is 0 Å². The molecule has 0 radical (unpaired) electrons. The zero-order chi connectivity index (χ0) is 15.7. The summed E-state index contributed by atoms with van der Waals surface area (Å²) in [5, 5.41) is 0. The number of carbonyl (C=O) groups is 1. The Balaban J connectivity index is 1.92. The van der Waals surface area contributed by atoms with Crippen molar-refractivity contribution in [2.75, 3.05) is 16.2 Å². The van der Waals surface area contributed by atoms with Gasteiger partial charge in [0.2, 0.25) is 5.91 Å². The van der Waals surface area contributed by atoms with Gasteiger partial charge in [0.05, 0.1) is 10.6 Å². The average Bonchev–Trinajstić information content (AvgIpc) is 2.91. The monoisotopic (exact) mass is 316 g/mol. The fourth-order valence-corrected chi connectivity index (χ4v) is 3.65. The van der Waals surface area contributed by atoms with Crippen LogP contribution in [0.4, 0.5) is 11.4 Å². The highest BCUT2D eigenvalue weighted by Crippen LogP contribution is 2.31. The van der Waals surface area contributed by atoms with Gasteiger partial charge in [-0.05, 0) is 36.2 Å². The molecule has 6 heteroatoms. The van der Waals surface area contributed by atoms with Gasteiger partial charge in [-0.3, -0.25) is 9.52 Å². The number of rotatable bonds is 3. The first-order valence-corrected chi connectivity index (χ1v) is 8.44. The maximum absolute atomic E-state index is 12.3. The Kier molecular flexibility index (Phi) is 3.62. The summed E-state index contributed by atoms with van der Waals surface area (Å²) in [7, 11) is -3.62. The molecule has 1 aliphatic rings. The van der Waals surface area contributed by atoms with Crippen LogP contribution in [0, 0.1) is 0 Å². The molecule has 0 spiro atoms. The van der Waals surface area contributed by atoms with Gasteiger partial charge in [-0.1, -0.05) is 24.3 Å². The minimum absolute atomic E-state index is 0.0400. The molecule has 1 heterocycles. The summed E-state index contributed by atoms with van der Waals surface area (Å²) in [4.78, 5) is 13.5. The average molecular weight is 316 g/mol. The second-order valence-electron chi connectivity index (χ2n) is 5.18. The van der Waals surface area contributed by atoms with E-state index in [1.165, 1.54) is 19.1 Å². The molecule has 1 aliphatic heterocycles. The van der Waals surface area contributed by atoms with Gasteiger partial charge in [-0.15, -0.1) is 0 Å². The van der Waals surface area contributed by atoms with E-state index >= 15 is 0 Å². The molecule has 0 unspecified atom stereocenters. The van der Waals surface area contributed by atoms with Crippen LogP contribution >= 0.6 is 0 Å². The summed E-state index contributed by atoms with van der Waals surface area (Å²) in [5.74, 6) is -0.0400. The molecule has 0 saturated heterocycles. The van der Waals surface area contributed by atoms with Crippen molar-refractivity contribution < 1.29 is 13.2 Å². The third-order valence-corrected chi connectivity index (χ3v) is 5.06. The Morgan fingerprint density at radius 2 is 1.86 bits per heavy atom. The van der Waals surface area contributed by atoms with Gasteiger partial charge in [-0.2, -0.15) is 0 Å². The lowest BCUT2D eigenvalue weighted by Crippen LogP contribution is -2.25. The Morgan fingerprint density at radius 1 is 1.14 bits per heavy atom. The van der Waals surface area contributed by atoms with E-state index in [4.69, 9.17) is 0 Å². The van der Waals surface area contributed by atoms with Gasteiger partial charge in [0.1, 0.15) is 0 Å². The van der Waals surface area contributed by atoms with Gasteiger partial charge in [-0.25, -0.2) is 8.42 Å². The number of amides is 1. The summed E-state index contributed by atoms with van der Waals surface area (Å²) >= 11 is 0. The lowest BCUT2D eigenvalue weighted by molar-refractivity contribution is -0.116. The minimum Gasteiger partial charge on any atom is -0.312 e. The molecule has 2 aromatic carbocycles. The highest BCUT2D eigenvalue weighted by atomic mass is 32.2. The van der Waals surface area contributed by atoms with Crippen LogP contribution < -0.4 is 9.62 Å². The summed E-state index contributed by atoms with van der Waals surface area (Å²) in [5.41, 5.74) is 2.29. The predicted molar refractivity (Wildman–Crippen MR) is 85.4 cm³/mol. The van der Waals surface area contributed by atoms with Gasteiger partial charge in [0, 0.05) is 19.2 Å². The number of fused-ring (bicyclic) bond motifs is 1. The van der Waals surface area contributed by atoms with Gasteiger partial charge >= 0.3 is 0 Å². The first kappa shape index (κ1) is 14.6. The molecular formula is C16H16N2O3S. The zero-order valence-corrected chi connectivity index (χ0v) is 12.9. The van der Waals surface area contributed by atoms with Crippen molar-refractivity contribution in [1.82, 2.24) is 0 Å². The van der Waals surface area contributed by atoms with Crippen LogP contribution in [-0.2, 0) is 21.2 Å². The molecule has 114 valence electrons. The van der Waals surface area contributed by atoms with Crippen molar-refractivity contribution in [3.8, 4) is 0 Å². The fourth-order valence-electron chi connectivity index (χ4n) is 2.58. The van der Waals surface area contributed by atoms with E-state index in [1.54, 1.807) is 35.2 Å². The predicted octanol–water partition coefficient (Wildman–Crippen LogP) is 2.40. The van der Waals surface area contributed by atoms with Crippen molar-refractivity contribution >= 4 is 27.3 Å². The number of hydrogen-bond donors (Lipinski definition) is 1. The van der Waals surface area contributed by atoms with Crippen molar-refractivity contribution in [1.29, 1.82) is 0 Å². The van der Waals surface area contributed by atoms with Crippen molar-refractivity contribution in [2.24, 2.45) is 0 Å². The van der Waals surface area contributed by atoms with E-state index in [2.05, 4.69) is 4.72 Å². The van der Waals surface area contributed by atoms with Gasteiger partial charge < -0.3 is 4.90 Å². The highest BCUT2D eigenvalue weighted by molar-refractivity contribution is 7.92. The number of anilines is 2. The number of benzene rings is 2. The molecule has 5 nitrogen and oxygen atoms in total. The molecule has 1 amide bonds. The number of hydrogen-bond acceptors (Lipinski definition) is 3. The molecule has 1 N–H and O–H groups in total. The molecular weight excluding hydrogens is 300 g/mol. The van der Waals surface area contributed by atoms with Gasteiger partial charge in [0.15, 0.2) is 0 Å². The number of nitrogens with one attached hydrogen (secondary N) is 1.